The standard InChI is InChI=1S/C55H60O11/c1-57-55-53(63-37-45-30-18-7-19-31-45)52(50(61-35-43-26-14-5-15-27-43)47(65-55)39-59-33-41-22-10-3-11-23-41)66-54-48(56)51(62-36-44-28-16-6-17-29-44)49(60-34-42-24-12-4-13-25-42)46(64-54)38-58-32-40-20-8-2-9-21-40/h2-31,46-56H,32-39H2,1H3/t46-,47-,48-,49+,50+,51-,52+,53-,54+,55-/m1/s1. The Balaban J connectivity index is 1.13. The predicted octanol–water partition coefficient (Wildman–Crippen LogP) is 8.60. The summed E-state index contributed by atoms with van der Waals surface area (Å²) in [6.07, 6.45) is -9.26. The van der Waals surface area contributed by atoms with Crippen molar-refractivity contribution < 1.29 is 52.5 Å². The van der Waals surface area contributed by atoms with Gasteiger partial charge in [0, 0.05) is 7.11 Å². The number of ether oxygens (including phenoxy) is 10. The minimum atomic E-state index is -1.35. The lowest BCUT2D eigenvalue weighted by molar-refractivity contribution is -0.373. The maximum atomic E-state index is 12.6. The van der Waals surface area contributed by atoms with Crippen LogP contribution in [0.25, 0.3) is 0 Å². The Morgan fingerprint density at radius 3 is 1.03 bits per heavy atom. The first-order valence-corrected chi connectivity index (χ1v) is 22.6. The highest BCUT2D eigenvalue weighted by Crippen LogP contribution is 2.35. The van der Waals surface area contributed by atoms with E-state index in [0.717, 1.165) is 33.4 Å². The minimum Gasteiger partial charge on any atom is -0.385 e. The van der Waals surface area contributed by atoms with Gasteiger partial charge in [-0.25, -0.2) is 0 Å². The smallest absolute Gasteiger partial charge is 0.187 e. The van der Waals surface area contributed by atoms with Gasteiger partial charge in [0.1, 0.15) is 48.8 Å². The van der Waals surface area contributed by atoms with Crippen LogP contribution in [-0.2, 0) is 87.0 Å². The molecule has 1 N–H and O–H groups in total. The molecule has 0 aliphatic carbocycles. The van der Waals surface area contributed by atoms with Gasteiger partial charge in [0.2, 0.25) is 0 Å². The van der Waals surface area contributed by atoms with E-state index in [0.29, 0.717) is 13.2 Å². The van der Waals surface area contributed by atoms with Crippen molar-refractivity contribution >= 4 is 0 Å². The quantitative estimate of drug-likeness (QED) is 0.0668. The van der Waals surface area contributed by atoms with Gasteiger partial charge in [0.05, 0.1) is 52.9 Å². The van der Waals surface area contributed by atoms with Crippen molar-refractivity contribution in [2.24, 2.45) is 0 Å². The zero-order valence-corrected chi connectivity index (χ0v) is 37.3. The van der Waals surface area contributed by atoms with Gasteiger partial charge in [-0.3, -0.25) is 0 Å². The first-order valence-electron chi connectivity index (χ1n) is 22.6. The third-order valence-corrected chi connectivity index (χ3v) is 11.7. The van der Waals surface area contributed by atoms with Gasteiger partial charge < -0.3 is 52.5 Å². The molecule has 2 saturated heterocycles. The Kier molecular flexibility index (Phi) is 18.0. The van der Waals surface area contributed by atoms with Gasteiger partial charge in [0.25, 0.3) is 0 Å². The molecule has 2 aliphatic heterocycles. The molecule has 66 heavy (non-hydrogen) atoms. The normalized spacial score (nSPS) is 25.4. The SMILES string of the molecule is CO[C@@H]1O[C@H](COCc2ccccc2)[C@H](OCc2ccccc2)[C@H](O[C@@H]2O[C@H](COCc3ccccc3)[C@H](OCc3ccccc3)[C@H](OCc3ccccc3)[C@H]2O)[C@H]1OCc1ccccc1. The van der Waals surface area contributed by atoms with Crippen LogP contribution >= 0.6 is 0 Å². The summed E-state index contributed by atoms with van der Waals surface area (Å²) in [5.41, 5.74) is 5.81. The lowest BCUT2D eigenvalue weighted by Crippen LogP contribution is -2.66. The molecule has 6 aromatic carbocycles. The second-order valence-corrected chi connectivity index (χ2v) is 16.5. The first kappa shape index (κ1) is 47.4. The van der Waals surface area contributed by atoms with Crippen LogP contribution in [0.3, 0.4) is 0 Å². The molecule has 0 radical (unpaired) electrons. The van der Waals surface area contributed by atoms with E-state index >= 15 is 0 Å². The predicted molar refractivity (Wildman–Crippen MR) is 247 cm³/mol. The highest BCUT2D eigenvalue weighted by Gasteiger charge is 2.54. The van der Waals surface area contributed by atoms with Gasteiger partial charge in [-0.2, -0.15) is 0 Å². The zero-order chi connectivity index (χ0) is 45.2. The highest BCUT2D eigenvalue weighted by atomic mass is 16.8. The van der Waals surface area contributed by atoms with Crippen molar-refractivity contribution in [2.75, 3.05) is 20.3 Å². The first-order chi connectivity index (χ1) is 32.6. The fraction of sp³-hybridized carbons (Fsp3) is 0.345. The van der Waals surface area contributed by atoms with Crippen LogP contribution in [-0.4, -0.2) is 86.8 Å². The molecule has 11 heteroatoms. The van der Waals surface area contributed by atoms with E-state index in [1.807, 2.05) is 182 Å². The van der Waals surface area contributed by atoms with Crippen molar-refractivity contribution in [3.05, 3.63) is 215 Å². The molecule has 2 heterocycles. The Hall–Kier alpha value is -5.12. The maximum absolute atomic E-state index is 12.6. The minimum absolute atomic E-state index is 0.110. The fourth-order valence-corrected chi connectivity index (χ4v) is 8.22. The van der Waals surface area contributed by atoms with E-state index in [1.165, 1.54) is 0 Å². The number of aliphatic hydroxyl groups excluding tert-OH is 1. The van der Waals surface area contributed by atoms with Crippen LogP contribution in [0.15, 0.2) is 182 Å². The van der Waals surface area contributed by atoms with Crippen molar-refractivity contribution in [2.45, 2.75) is 101 Å². The molecule has 8 rings (SSSR count). The molecule has 346 valence electrons. The molecule has 2 fully saturated rings. The summed E-state index contributed by atoms with van der Waals surface area (Å²) in [6.45, 7) is 1.84. The Morgan fingerprint density at radius 1 is 0.364 bits per heavy atom. The average molecular weight is 897 g/mol. The second kappa shape index (κ2) is 25.1. The van der Waals surface area contributed by atoms with Gasteiger partial charge in [0.15, 0.2) is 12.6 Å². The van der Waals surface area contributed by atoms with Crippen molar-refractivity contribution in [1.82, 2.24) is 0 Å². The molecule has 0 spiro atoms. The van der Waals surface area contributed by atoms with Gasteiger partial charge >= 0.3 is 0 Å². The Morgan fingerprint density at radius 2 is 0.667 bits per heavy atom. The van der Waals surface area contributed by atoms with E-state index in [4.69, 9.17) is 47.4 Å². The number of methoxy groups -OCH3 is 1. The molecule has 6 aromatic rings. The molecule has 10 atom stereocenters. The van der Waals surface area contributed by atoms with Crippen molar-refractivity contribution in [1.29, 1.82) is 0 Å². The van der Waals surface area contributed by atoms with Crippen LogP contribution < -0.4 is 0 Å². The van der Waals surface area contributed by atoms with Crippen LogP contribution in [0.5, 0.6) is 0 Å². The summed E-state index contributed by atoms with van der Waals surface area (Å²) in [5.74, 6) is 0. The molecular weight excluding hydrogens is 837 g/mol. The third kappa shape index (κ3) is 13.5. The fourth-order valence-electron chi connectivity index (χ4n) is 8.22. The van der Waals surface area contributed by atoms with Crippen molar-refractivity contribution in [3.8, 4) is 0 Å². The van der Waals surface area contributed by atoms with E-state index in [2.05, 4.69) is 0 Å². The molecular formula is C55H60O11. The van der Waals surface area contributed by atoms with E-state index in [9.17, 15) is 5.11 Å². The van der Waals surface area contributed by atoms with Gasteiger partial charge in [-0.1, -0.05) is 182 Å². The molecule has 11 nitrogen and oxygen atoms in total. The maximum Gasteiger partial charge on any atom is 0.187 e. The lowest BCUT2D eigenvalue weighted by Gasteiger charge is -2.49. The largest absolute Gasteiger partial charge is 0.385 e. The Labute approximate surface area is 388 Å². The lowest BCUT2D eigenvalue weighted by atomic mass is 9.96. The number of aliphatic hydroxyl groups is 1. The van der Waals surface area contributed by atoms with Gasteiger partial charge in [-0.05, 0) is 33.4 Å². The van der Waals surface area contributed by atoms with Crippen molar-refractivity contribution in [3.63, 3.8) is 0 Å². The van der Waals surface area contributed by atoms with Crippen LogP contribution in [0.1, 0.15) is 33.4 Å². The summed E-state index contributed by atoms with van der Waals surface area (Å²) < 4.78 is 66.4. The third-order valence-electron chi connectivity index (χ3n) is 11.7. The van der Waals surface area contributed by atoms with Crippen LogP contribution in [0.4, 0.5) is 0 Å². The Bertz CT molecular complexity index is 2220. The molecule has 0 unspecified atom stereocenters. The molecule has 0 aromatic heterocycles. The van der Waals surface area contributed by atoms with Gasteiger partial charge in [-0.15, -0.1) is 0 Å². The van der Waals surface area contributed by atoms with E-state index < -0.39 is 61.4 Å². The summed E-state index contributed by atoms with van der Waals surface area (Å²) in [6, 6.07) is 59.4. The summed E-state index contributed by atoms with van der Waals surface area (Å²) >= 11 is 0. The molecule has 0 bridgehead atoms. The summed E-state index contributed by atoms with van der Waals surface area (Å²) in [4.78, 5) is 0. The molecule has 0 saturated carbocycles. The van der Waals surface area contributed by atoms with E-state index in [1.54, 1.807) is 7.11 Å². The van der Waals surface area contributed by atoms with E-state index in [-0.39, 0.29) is 39.6 Å². The number of hydrogen-bond donors (Lipinski definition) is 1. The monoisotopic (exact) mass is 896 g/mol. The van der Waals surface area contributed by atoms with Crippen LogP contribution in [0, 0.1) is 0 Å². The second-order valence-electron chi connectivity index (χ2n) is 16.5. The molecule has 2 aliphatic rings. The number of rotatable bonds is 23. The summed E-state index contributed by atoms with van der Waals surface area (Å²) in [5, 5.41) is 12.6. The average Bonchev–Trinajstić information content (AvgIpc) is 3.37. The molecule has 0 amide bonds. The van der Waals surface area contributed by atoms with Crippen LogP contribution in [0.2, 0.25) is 0 Å². The summed E-state index contributed by atoms with van der Waals surface area (Å²) in [7, 11) is 1.57. The topological polar surface area (TPSA) is 113 Å². The number of benzene rings is 6. The highest BCUT2D eigenvalue weighted by molar-refractivity contribution is 5.18. The zero-order valence-electron chi connectivity index (χ0n) is 37.3. The number of hydrogen-bond acceptors (Lipinski definition) is 11.